The quantitative estimate of drug-likeness (QED) is 0.537. The van der Waals surface area contributed by atoms with Crippen molar-refractivity contribution in [2.45, 2.75) is 39.9 Å². The van der Waals surface area contributed by atoms with Crippen molar-refractivity contribution in [1.29, 1.82) is 0 Å². The number of nitrogens with zero attached hydrogens (tertiary/aromatic N) is 2. The number of benzene rings is 2. The Morgan fingerprint density at radius 2 is 1.90 bits per heavy atom. The lowest BCUT2D eigenvalue weighted by atomic mass is 10.1. The van der Waals surface area contributed by atoms with E-state index in [4.69, 9.17) is 9.73 Å². The van der Waals surface area contributed by atoms with Gasteiger partial charge >= 0.3 is 0 Å². The molecule has 0 amide bonds. The lowest BCUT2D eigenvalue weighted by molar-refractivity contribution is 0.0341. The molecule has 6 heteroatoms. The fourth-order valence-corrected chi connectivity index (χ4v) is 3.52. The maximum atomic E-state index is 13.9. The molecular formula is C24H33FN4O. The maximum absolute atomic E-state index is 13.9. The molecule has 1 fully saturated rings. The molecular weight excluding hydrogens is 379 g/mol. The Morgan fingerprint density at radius 1 is 1.17 bits per heavy atom. The number of halogens is 1. The fraction of sp³-hybridized carbons (Fsp3) is 0.458. The van der Waals surface area contributed by atoms with Gasteiger partial charge in [0.05, 0.1) is 25.8 Å². The second-order valence-electron chi connectivity index (χ2n) is 7.73. The molecule has 1 aliphatic heterocycles. The lowest BCUT2D eigenvalue weighted by Gasteiger charge is -2.27. The molecule has 0 bridgehead atoms. The van der Waals surface area contributed by atoms with Crippen molar-refractivity contribution in [2.75, 3.05) is 32.8 Å². The number of hydrogen-bond donors (Lipinski definition) is 2. The number of rotatable bonds is 7. The molecule has 1 aliphatic rings. The lowest BCUT2D eigenvalue weighted by Crippen LogP contribution is -2.38. The number of guanidine groups is 1. The van der Waals surface area contributed by atoms with Gasteiger partial charge in [-0.25, -0.2) is 9.38 Å². The van der Waals surface area contributed by atoms with Crippen LogP contribution in [-0.4, -0.2) is 43.7 Å². The summed E-state index contributed by atoms with van der Waals surface area (Å²) in [6.45, 7) is 11.6. The third kappa shape index (κ3) is 6.28. The molecule has 162 valence electrons. The molecule has 3 rings (SSSR count). The van der Waals surface area contributed by atoms with Gasteiger partial charge in [-0.15, -0.1) is 0 Å². The zero-order valence-electron chi connectivity index (χ0n) is 18.2. The van der Waals surface area contributed by atoms with Crippen LogP contribution in [0.2, 0.25) is 0 Å². The molecule has 0 aromatic heterocycles. The molecule has 2 aromatic rings. The molecule has 0 radical (unpaired) electrons. The predicted octanol–water partition coefficient (Wildman–Crippen LogP) is 3.78. The average molecular weight is 413 g/mol. The molecule has 2 aromatic carbocycles. The minimum absolute atomic E-state index is 0.0542. The van der Waals surface area contributed by atoms with Gasteiger partial charge < -0.3 is 15.4 Å². The van der Waals surface area contributed by atoms with Crippen LogP contribution in [0.1, 0.15) is 42.1 Å². The number of nitrogens with one attached hydrogen (secondary N) is 2. The van der Waals surface area contributed by atoms with E-state index in [1.807, 2.05) is 26.0 Å². The molecule has 0 spiro atoms. The van der Waals surface area contributed by atoms with Crippen molar-refractivity contribution >= 4 is 5.96 Å². The SMILES string of the molecule is CCNC(=NCc1ccccc1CN1CCOCC1)NC(C)c1ccc(C)c(F)c1. The number of aryl methyl sites for hydroxylation is 1. The van der Waals surface area contributed by atoms with Crippen molar-refractivity contribution < 1.29 is 9.13 Å². The smallest absolute Gasteiger partial charge is 0.192 e. The number of aliphatic imine (C=N–C) groups is 1. The first-order valence-corrected chi connectivity index (χ1v) is 10.7. The van der Waals surface area contributed by atoms with Gasteiger partial charge in [0, 0.05) is 26.2 Å². The van der Waals surface area contributed by atoms with E-state index in [-0.39, 0.29) is 11.9 Å². The van der Waals surface area contributed by atoms with Gasteiger partial charge in [-0.05, 0) is 49.1 Å². The second kappa shape index (κ2) is 11.1. The second-order valence-corrected chi connectivity index (χ2v) is 7.73. The van der Waals surface area contributed by atoms with Gasteiger partial charge in [0.25, 0.3) is 0 Å². The van der Waals surface area contributed by atoms with Crippen molar-refractivity contribution in [2.24, 2.45) is 4.99 Å². The Bertz CT molecular complexity index is 849. The van der Waals surface area contributed by atoms with Gasteiger partial charge in [-0.3, -0.25) is 4.90 Å². The maximum Gasteiger partial charge on any atom is 0.192 e. The van der Waals surface area contributed by atoms with Gasteiger partial charge in [0.2, 0.25) is 0 Å². The Kier molecular flexibility index (Phi) is 8.22. The molecule has 2 N–H and O–H groups in total. The van der Waals surface area contributed by atoms with Crippen molar-refractivity contribution in [3.05, 3.63) is 70.5 Å². The van der Waals surface area contributed by atoms with Crippen LogP contribution in [0.3, 0.4) is 0 Å². The molecule has 1 atom stereocenters. The first-order chi connectivity index (χ1) is 14.6. The van der Waals surface area contributed by atoms with E-state index in [1.165, 1.54) is 11.1 Å². The largest absolute Gasteiger partial charge is 0.379 e. The van der Waals surface area contributed by atoms with E-state index in [9.17, 15) is 4.39 Å². The standard InChI is InChI=1S/C24H33FN4O/c1-4-26-24(28-19(3)20-10-9-18(2)23(25)15-20)27-16-21-7-5-6-8-22(21)17-29-11-13-30-14-12-29/h5-10,15,19H,4,11-14,16-17H2,1-3H3,(H2,26,27,28). The summed E-state index contributed by atoms with van der Waals surface area (Å²) in [6.07, 6.45) is 0. The van der Waals surface area contributed by atoms with Crippen molar-refractivity contribution in [3.8, 4) is 0 Å². The molecule has 30 heavy (non-hydrogen) atoms. The first-order valence-electron chi connectivity index (χ1n) is 10.7. The normalized spacial score (nSPS) is 16.3. The average Bonchev–Trinajstić information content (AvgIpc) is 2.75. The van der Waals surface area contributed by atoms with Crippen LogP contribution < -0.4 is 10.6 Å². The molecule has 1 saturated heterocycles. The van der Waals surface area contributed by atoms with E-state index in [0.29, 0.717) is 12.1 Å². The third-order valence-electron chi connectivity index (χ3n) is 5.42. The van der Waals surface area contributed by atoms with Crippen molar-refractivity contribution in [1.82, 2.24) is 15.5 Å². The highest BCUT2D eigenvalue weighted by Crippen LogP contribution is 2.17. The molecule has 5 nitrogen and oxygen atoms in total. The van der Waals surface area contributed by atoms with Gasteiger partial charge in [0.1, 0.15) is 5.82 Å². The summed E-state index contributed by atoms with van der Waals surface area (Å²) in [5, 5.41) is 6.70. The summed E-state index contributed by atoms with van der Waals surface area (Å²) >= 11 is 0. The van der Waals surface area contributed by atoms with Crippen molar-refractivity contribution in [3.63, 3.8) is 0 Å². The van der Waals surface area contributed by atoms with Gasteiger partial charge in [-0.1, -0.05) is 36.4 Å². The van der Waals surface area contributed by atoms with E-state index < -0.39 is 0 Å². The van der Waals surface area contributed by atoms with Gasteiger partial charge in [-0.2, -0.15) is 0 Å². The highest BCUT2D eigenvalue weighted by Gasteiger charge is 2.13. The third-order valence-corrected chi connectivity index (χ3v) is 5.42. The Labute approximate surface area is 179 Å². The summed E-state index contributed by atoms with van der Waals surface area (Å²) in [4.78, 5) is 7.22. The molecule has 0 saturated carbocycles. The van der Waals surface area contributed by atoms with Crippen LogP contribution in [-0.2, 0) is 17.8 Å². The van der Waals surface area contributed by atoms with Crippen LogP contribution in [0, 0.1) is 12.7 Å². The number of morpholine rings is 1. The van der Waals surface area contributed by atoms with Crippen LogP contribution in [0.25, 0.3) is 0 Å². The Hall–Kier alpha value is -2.44. The minimum Gasteiger partial charge on any atom is -0.379 e. The van der Waals surface area contributed by atoms with Crippen LogP contribution >= 0.6 is 0 Å². The summed E-state index contributed by atoms with van der Waals surface area (Å²) in [6, 6.07) is 13.8. The minimum atomic E-state index is -0.180. The van der Waals surface area contributed by atoms with Crippen LogP contribution in [0.15, 0.2) is 47.5 Å². The Morgan fingerprint density at radius 3 is 2.60 bits per heavy atom. The van der Waals surface area contributed by atoms with Crippen LogP contribution in [0.5, 0.6) is 0 Å². The number of ether oxygens (including phenoxy) is 1. The molecule has 0 aliphatic carbocycles. The van der Waals surface area contributed by atoms with Crippen LogP contribution in [0.4, 0.5) is 4.39 Å². The Balaban J connectivity index is 1.69. The van der Waals surface area contributed by atoms with E-state index >= 15 is 0 Å². The fourth-order valence-electron chi connectivity index (χ4n) is 3.52. The first kappa shape index (κ1) is 22.2. The van der Waals surface area contributed by atoms with E-state index in [2.05, 4.69) is 39.8 Å². The molecule has 1 unspecified atom stereocenters. The zero-order valence-corrected chi connectivity index (χ0v) is 18.2. The van der Waals surface area contributed by atoms with E-state index in [0.717, 1.165) is 50.9 Å². The summed E-state index contributed by atoms with van der Waals surface area (Å²) in [7, 11) is 0. The monoisotopic (exact) mass is 412 g/mol. The highest BCUT2D eigenvalue weighted by molar-refractivity contribution is 5.80. The summed E-state index contributed by atoms with van der Waals surface area (Å²) < 4.78 is 19.4. The predicted molar refractivity (Wildman–Crippen MR) is 120 cm³/mol. The zero-order chi connectivity index (χ0) is 21.3. The highest BCUT2D eigenvalue weighted by atomic mass is 19.1. The summed E-state index contributed by atoms with van der Waals surface area (Å²) in [5.41, 5.74) is 4.07. The summed E-state index contributed by atoms with van der Waals surface area (Å²) in [5.74, 6) is 0.548. The topological polar surface area (TPSA) is 48.9 Å². The molecule has 1 heterocycles. The van der Waals surface area contributed by atoms with Gasteiger partial charge in [0.15, 0.2) is 5.96 Å². The number of hydrogen-bond acceptors (Lipinski definition) is 3. The van der Waals surface area contributed by atoms with E-state index in [1.54, 1.807) is 13.0 Å².